The van der Waals surface area contributed by atoms with Crippen LogP contribution in [0.5, 0.6) is 0 Å². The lowest BCUT2D eigenvalue weighted by Crippen LogP contribution is -2.26. The lowest BCUT2D eigenvalue weighted by molar-refractivity contribution is -0.117. The van der Waals surface area contributed by atoms with Gasteiger partial charge in [-0.1, -0.05) is 12.1 Å². The summed E-state index contributed by atoms with van der Waals surface area (Å²) < 4.78 is 8.59. The molecule has 1 fully saturated rings. The minimum absolute atomic E-state index is 0.0354. The highest BCUT2D eigenvalue weighted by atomic mass is 16.5. The summed E-state index contributed by atoms with van der Waals surface area (Å²) in [7, 11) is 0. The molecular formula is C25H24N4O4. The highest BCUT2D eigenvalue weighted by Gasteiger charge is 2.18. The average Bonchev–Trinajstić information content (AvgIpc) is 3.33. The summed E-state index contributed by atoms with van der Waals surface area (Å²) in [5.41, 5.74) is 2.19. The van der Waals surface area contributed by atoms with E-state index in [0.29, 0.717) is 47.8 Å². The first-order valence-corrected chi connectivity index (χ1v) is 11.0. The molecular weight excluding hydrogens is 420 g/mol. The molecule has 2 aromatic carbocycles. The number of ketones is 1. The predicted octanol–water partition coefficient (Wildman–Crippen LogP) is 3.29. The van der Waals surface area contributed by atoms with Gasteiger partial charge >= 0.3 is 0 Å². The molecule has 0 spiro atoms. The van der Waals surface area contributed by atoms with Crippen LogP contribution in [0.2, 0.25) is 0 Å². The van der Waals surface area contributed by atoms with Crippen LogP contribution in [0.3, 0.4) is 0 Å². The number of ether oxygens (including phenoxy) is 1. The molecule has 1 N–H and O–H groups in total. The zero-order valence-corrected chi connectivity index (χ0v) is 18.1. The second kappa shape index (κ2) is 8.99. The van der Waals surface area contributed by atoms with Gasteiger partial charge in [0.1, 0.15) is 12.0 Å². The number of rotatable bonds is 6. The third-order valence-electron chi connectivity index (χ3n) is 6.14. The number of Topliss-reactive ketones (excluding diaryl/α,β-unsaturated/α-hetero) is 1. The second-order valence-corrected chi connectivity index (χ2v) is 8.34. The van der Waals surface area contributed by atoms with Crippen molar-refractivity contribution < 1.29 is 14.3 Å². The van der Waals surface area contributed by atoms with Gasteiger partial charge in [0, 0.05) is 30.9 Å². The molecule has 0 atom stereocenters. The molecule has 168 valence electrons. The van der Waals surface area contributed by atoms with E-state index in [1.807, 2.05) is 12.1 Å². The van der Waals surface area contributed by atoms with E-state index in [4.69, 9.17) is 4.74 Å². The van der Waals surface area contributed by atoms with Crippen LogP contribution in [-0.2, 0) is 16.1 Å². The Balaban J connectivity index is 1.32. The molecule has 8 nitrogen and oxygen atoms in total. The molecule has 0 aliphatic carbocycles. The number of fused-ring (bicyclic) bond motifs is 3. The van der Waals surface area contributed by atoms with Crippen molar-refractivity contribution >= 4 is 33.9 Å². The number of nitrogens with zero attached hydrogens (tertiary/aromatic N) is 3. The van der Waals surface area contributed by atoms with E-state index in [2.05, 4.69) is 10.3 Å². The maximum absolute atomic E-state index is 13.1. The number of amides is 1. The largest absolute Gasteiger partial charge is 0.381 e. The van der Waals surface area contributed by atoms with Crippen LogP contribution in [0.15, 0.2) is 65.8 Å². The number of para-hydroxylation sites is 1. The number of carbonyl (C=O) groups excluding carboxylic acids is 2. The fourth-order valence-corrected chi connectivity index (χ4v) is 4.34. The summed E-state index contributed by atoms with van der Waals surface area (Å²) in [4.78, 5) is 42.5. The van der Waals surface area contributed by atoms with E-state index in [9.17, 15) is 14.4 Å². The molecule has 0 radical (unpaired) electrons. The standard InChI is InChI=1S/C25H24N4O4/c30-22(15-28-24-14-26-16-29(24)21-4-2-1-3-20(21)25(28)32)18-5-7-19(8-6-18)27-23(31)13-17-9-11-33-12-10-17/h1-8,14,16-17H,9-13,15H2,(H,27,31). The lowest BCUT2D eigenvalue weighted by atomic mass is 9.96. The number of hydrogen-bond donors (Lipinski definition) is 1. The van der Waals surface area contributed by atoms with Gasteiger partial charge in [-0.2, -0.15) is 0 Å². The van der Waals surface area contributed by atoms with Crippen LogP contribution in [0, 0.1) is 5.92 Å². The van der Waals surface area contributed by atoms with Gasteiger partial charge in [-0.15, -0.1) is 0 Å². The van der Waals surface area contributed by atoms with Gasteiger partial charge in [0.05, 0.1) is 23.6 Å². The monoisotopic (exact) mass is 444 g/mol. The van der Waals surface area contributed by atoms with E-state index in [0.717, 1.165) is 18.4 Å². The highest BCUT2D eigenvalue weighted by Crippen LogP contribution is 2.20. The van der Waals surface area contributed by atoms with Crippen LogP contribution in [0.4, 0.5) is 5.69 Å². The van der Waals surface area contributed by atoms with Gasteiger partial charge in [0.15, 0.2) is 5.78 Å². The van der Waals surface area contributed by atoms with Crippen molar-refractivity contribution in [1.29, 1.82) is 0 Å². The van der Waals surface area contributed by atoms with E-state index in [1.165, 1.54) is 4.57 Å². The fourth-order valence-electron chi connectivity index (χ4n) is 4.34. The molecule has 0 bridgehead atoms. The number of carbonyl (C=O) groups is 2. The van der Waals surface area contributed by atoms with E-state index in [1.54, 1.807) is 53.3 Å². The smallest absolute Gasteiger partial charge is 0.262 e. The molecule has 1 saturated heterocycles. The van der Waals surface area contributed by atoms with E-state index < -0.39 is 0 Å². The SMILES string of the molecule is O=C(CC1CCOCC1)Nc1ccc(C(=O)Cn2c(=O)c3ccccc3n3cncc23)cc1. The number of anilines is 1. The first-order valence-electron chi connectivity index (χ1n) is 11.0. The number of hydrogen-bond acceptors (Lipinski definition) is 5. The van der Waals surface area contributed by atoms with Crippen LogP contribution >= 0.6 is 0 Å². The Bertz CT molecular complexity index is 1380. The molecule has 8 heteroatoms. The van der Waals surface area contributed by atoms with Gasteiger partial charge in [-0.3, -0.25) is 23.4 Å². The van der Waals surface area contributed by atoms with Crippen LogP contribution in [0.25, 0.3) is 16.6 Å². The molecule has 3 heterocycles. The van der Waals surface area contributed by atoms with Crippen molar-refractivity contribution in [3.8, 4) is 0 Å². The maximum atomic E-state index is 13.1. The van der Waals surface area contributed by atoms with E-state index in [-0.39, 0.29) is 23.8 Å². The molecule has 1 aliphatic heterocycles. The molecule has 33 heavy (non-hydrogen) atoms. The Morgan fingerprint density at radius 3 is 2.61 bits per heavy atom. The Morgan fingerprint density at radius 2 is 1.82 bits per heavy atom. The van der Waals surface area contributed by atoms with Crippen LogP contribution in [0.1, 0.15) is 29.6 Å². The van der Waals surface area contributed by atoms with Crippen LogP contribution in [-0.4, -0.2) is 38.9 Å². The maximum Gasteiger partial charge on any atom is 0.262 e. The van der Waals surface area contributed by atoms with Crippen molar-refractivity contribution in [3.63, 3.8) is 0 Å². The first kappa shape index (κ1) is 21.1. The summed E-state index contributed by atoms with van der Waals surface area (Å²) in [6.45, 7) is 1.32. The number of nitrogens with one attached hydrogen (secondary N) is 1. The minimum atomic E-state index is -0.232. The lowest BCUT2D eigenvalue weighted by Gasteiger charge is -2.21. The molecule has 1 amide bonds. The Hall–Kier alpha value is -3.78. The predicted molar refractivity (Wildman–Crippen MR) is 125 cm³/mol. The van der Waals surface area contributed by atoms with Gasteiger partial charge < -0.3 is 10.1 Å². The van der Waals surface area contributed by atoms with Crippen molar-refractivity contribution in [2.45, 2.75) is 25.8 Å². The molecule has 1 aliphatic rings. The van der Waals surface area contributed by atoms with Gasteiger partial charge in [0.25, 0.3) is 5.56 Å². The molecule has 0 unspecified atom stereocenters. The van der Waals surface area contributed by atoms with Gasteiger partial charge in [-0.25, -0.2) is 4.98 Å². The molecule has 5 rings (SSSR count). The number of aromatic nitrogens is 3. The van der Waals surface area contributed by atoms with E-state index >= 15 is 0 Å². The molecule has 0 saturated carbocycles. The topological polar surface area (TPSA) is 94.7 Å². The second-order valence-electron chi connectivity index (χ2n) is 8.34. The van der Waals surface area contributed by atoms with Crippen molar-refractivity contribution in [2.24, 2.45) is 5.92 Å². The van der Waals surface area contributed by atoms with Gasteiger partial charge in [0.2, 0.25) is 5.91 Å². The minimum Gasteiger partial charge on any atom is -0.381 e. The summed E-state index contributed by atoms with van der Waals surface area (Å²) in [6, 6.07) is 14.0. The van der Waals surface area contributed by atoms with Crippen molar-refractivity contribution in [2.75, 3.05) is 18.5 Å². The zero-order valence-electron chi connectivity index (χ0n) is 18.1. The Labute approximate surface area is 189 Å². The summed E-state index contributed by atoms with van der Waals surface area (Å²) in [6.07, 6.45) is 5.49. The summed E-state index contributed by atoms with van der Waals surface area (Å²) in [5, 5.41) is 3.42. The Morgan fingerprint density at radius 1 is 1.06 bits per heavy atom. The summed E-state index contributed by atoms with van der Waals surface area (Å²) in [5.74, 6) is 0.114. The number of benzene rings is 2. The third kappa shape index (κ3) is 4.29. The molecule has 2 aromatic heterocycles. The number of imidazole rings is 1. The summed E-state index contributed by atoms with van der Waals surface area (Å²) >= 11 is 0. The average molecular weight is 444 g/mol. The quantitative estimate of drug-likeness (QED) is 0.461. The third-order valence-corrected chi connectivity index (χ3v) is 6.14. The van der Waals surface area contributed by atoms with Crippen molar-refractivity contribution in [1.82, 2.24) is 14.0 Å². The van der Waals surface area contributed by atoms with Crippen molar-refractivity contribution in [3.05, 3.63) is 77.0 Å². The molecule has 4 aromatic rings. The first-order chi connectivity index (χ1) is 16.1. The highest BCUT2D eigenvalue weighted by molar-refractivity contribution is 5.97. The van der Waals surface area contributed by atoms with Crippen LogP contribution < -0.4 is 10.9 Å². The fraction of sp³-hybridized carbons (Fsp3) is 0.280. The normalized spacial score (nSPS) is 14.5. The zero-order chi connectivity index (χ0) is 22.8. The van der Waals surface area contributed by atoms with Gasteiger partial charge in [-0.05, 0) is 55.2 Å². The Kier molecular flexibility index (Phi) is 5.75.